The molecule has 1 heterocycles. The number of rotatable bonds is 3. The van der Waals surface area contributed by atoms with Crippen molar-refractivity contribution < 1.29 is 19.4 Å². The minimum Gasteiger partial charge on any atom is -0.479 e. The van der Waals surface area contributed by atoms with Crippen LogP contribution in [0, 0.1) is 5.41 Å². The number of carbonyl (C=O) groups excluding carboxylic acids is 1. The fraction of sp³-hybridized carbons (Fsp3) is 0.833. The van der Waals surface area contributed by atoms with Crippen molar-refractivity contribution in [3.8, 4) is 0 Å². The summed E-state index contributed by atoms with van der Waals surface area (Å²) in [6.45, 7) is 4.51. The van der Waals surface area contributed by atoms with Crippen LogP contribution in [0.1, 0.15) is 33.1 Å². The predicted octanol–water partition coefficient (Wildman–Crippen LogP) is 0.877. The molecule has 0 radical (unpaired) electrons. The lowest BCUT2D eigenvalue weighted by Gasteiger charge is -2.36. The number of hydrogen-bond donors (Lipinski definition) is 1. The van der Waals surface area contributed by atoms with E-state index in [9.17, 15) is 9.59 Å². The first-order valence-electron chi connectivity index (χ1n) is 6.16. The molecule has 2 rings (SSSR count). The Morgan fingerprint density at radius 3 is 2.53 bits per heavy atom. The van der Waals surface area contributed by atoms with E-state index in [0.717, 1.165) is 19.3 Å². The number of aliphatic carboxylic acids is 1. The lowest BCUT2D eigenvalue weighted by Crippen LogP contribution is -2.53. The third kappa shape index (κ3) is 2.29. The number of nitrogens with zero attached hydrogens (tertiary/aromatic N) is 1. The fourth-order valence-corrected chi connectivity index (χ4v) is 2.46. The van der Waals surface area contributed by atoms with Crippen LogP contribution in [-0.4, -0.2) is 47.2 Å². The van der Waals surface area contributed by atoms with Crippen LogP contribution >= 0.6 is 0 Å². The molecule has 1 amide bonds. The molecule has 17 heavy (non-hydrogen) atoms. The quantitative estimate of drug-likeness (QED) is 0.796. The Morgan fingerprint density at radius 1 is 1.41 bits per heavy atom. The minimum absolute atomic E-state index is 0.112. The highest BCUT2D eigenvalue weighted by molar-refractivity contribution is 5.86. The van der Waals surface area contributed by atoms with Crippen LogP contribution in [0.3, 0.4) is 0 Å². The summed E-state index contributed by atoms with van der Waals surface area (Å²) in [7, 11) is 0. The number of carboxylic acids is 1. The van der Waals surface area contributed by atoms with Gasteiger partial charge >= 0.3 is 5.97 Å². The fourth-order valence-electron chi connectivity index (χ4n) is 2.46. The zero-order valence-corrected chi connectivity index (χ0v) is 10.3. The molecule has 1 aliphatic carbocycles. The molecule has 0 aromatic carbocycles. The normalized spacial score (nSPS) is 31.1. The van der Waals surface area contributed by atoms with E-state index < -0.39 is 12.1 Å². The highest BCUT2D eigenvalue weighted by Gasteiger charge is 2.51. The first-order chi connectivity index (χ1) is 7.98. The van der Waals surface area contributed by atoms with Crippen LogP contribution in [0.2, 0.25) is 0 Å². The molecular weight excluding hydrogens is 222 g/mol. The van der Waals surface area contributed by atoms with Gasteiger partial charge in [0.05, 0.1) is 12.6 Å². The molecule has 1 saturated heterocycles. The maximum atomic E-state index is 12.3. The average Bonchev–Trinajstić information content (AvgIpc) is 3.08. The SMILES string of the molecule is CCC1(C(=O)N2CC(C(=O)O)O[C@H](C)C2)CC1. The summed E-state index contributed by atoms with van der Waals surface area (Å²) in [5.41, 5.74) is -0.194. The van der Waals surface area contributed by atoms with Crippen molar-refractivity contribution in [1.82, 2.24) is 4.90 Å². The number of ether oxygens (including phenoxy) is 1. The number of morpholine rings is 1. The van der Waals surface area contributed by atoms with Crippen molar-refractivity contribution >= 4 is 11.9 Å². The summed E-state index contributed by atoms with van der Waals surface area (Å²) in [6.07, 6.45) is 1.63. The lowest BCUT2D eigenvalue weighted by atomic mass is 10.0. The molecule has 1 unspecified atom stereocenters. The minimum atomic E-state index is -0.990. The standard InChI is InChI=1S/C12H19NO4/c1-3-12(4-5-12)11(16)13-6-8(2)17-9(7-13)10(14)15/h8-9H,3-7H2,1-2H3,(H,14,15)/t8-,9?/m1/s1. The molecule has 0 aromatic rings. The van der Waals surface area contributed by atoms with Gasteiger partial charge in [-0.05, 0) is 26.2 Å². The summed E-state index contributed by atoms with van der Waals surface area (Å²) in [4.78, 5) is 24.9. The third-order valence-electron chi connectivity index (χ3n) is 3.81. The molecule has 0 spiro atoms. The maximum absolute atomic E-state index is 12.3. The van der Waals surface area contributed by atoms with E-state index in [1.807, 2.05) is 6.92 Å². The second-order valence-corrected chi connectivity index (χ2v) is 5.12. The number of carboxylic acid groups (broad SMARTS) is 1. The molecule has 5 heteroatoms. The first kappa shape index (κ1) is 12.4. The summed E-state index contributed by atoms with van der Waals surface area (Å²) in [5, 5.41) is 8.97. The molecule has 0 aromatic heterocycles. The van der Waals surface area contributed by atoms with Crippen molar-refractivity contribution in [2.75, 3.05) is 13.1 Å². The Balaban J connectivity index is 2.05. The topological polar surface area (TPSA) is 66.8 Å². The van der Waals surface area contributed by atoms with Crippen LogP contribution in [0.5, 0.6) is 0 Å². The summed E-state index contributed by atoms with van der Waals surface area (Å²) >= 11 is 0. The van der Waals surface area contributed by atoms with Gasteiger partial charge in [0, 0.05) is 12.0 Å². The zero-order chi connectivity index (χ0) is 12.6. The van der Waals surface area contributed by atoms with Crippen molar-refractivity contribution in [3.05, 3.63) is 0 Å². The number of hydrogen-bond acceptors (Lipinski definition) is 3. The van der Waals surface area contributed by atoms with Crippen molar-refractivity contribution in [1.29, 1.82) is 0 Å². The van der Waals surface area contributed by atoms with Crippen LogP contribution < -0.4 is 0 Å². The summed E-state index contributed by atoms with van der Waals surface area (Å²) in [6, 6.07) is 0. The van der Waals surface area contributed by atoms with E-state index in [1.165, 1.54) is 0 Å². The van der Waals surface area contributed by atoms with Crippen molar-refractivity contribution in [3.63, 3.8) is 0 Å². The van der Waals surface area contributed by atoms with Crippen molar-refractivity contribution in [2.45, 2.75) is 45.3 Å². The molecule has 1 aliphatic heterocycles. The van der Waals surface area contributed by atoms with Crippen LogP contribution in [0.25, 0.3) is 0 Å². The van der Waals surface area contributed by atoms with Gasteiger partial charge in [0.15, 0.2) is 6.10 Å². The molecule has 0 bridgehead atoms. The monoisotopic (exact) mass is 241 g/mol. The molecule has 2 fully saturated rings. The van der Waals surface area contributed by atoms with Crippen molar-refractivity contribution in [2.24, 2.45) is 5.41 Å². The van der Waals surface area contributed by atoms with Gasteiger partial charge in [-0.1, -0.05) is 6.92 Å². The van der Waals surface area contributed by atoms with E-state index >= 15 is 0 Å². The van der Waals surface area contributed by atoms with E-state index in [1.54, 1.807) is 11.8 Å². The molecule has 2 atom stereocenters. The molecule has 2 aliphatic rings. The Bertz CT molecular complexity index is 337. The second kappa shape index (κ2) is 4.29. The molecule has 1 saturated carbocycles. The van der Waals surface area contributed by atoms with E-state index in [2.05, 4.69) is 0 Å². The third-order valence-corrected chi connectivity index (χ3v) is 3.81. The molecule has 5 nitrogen and oxygen atoms in total. The Morgan fingerprint density at radius 2 is 2.06 bits per heavy atom. The predicted molar refractivity (Wildman–Crippen MR) is 60.5 cm³/mol. The summed E-state index contributed by atoms with van der Waals surface area (Å²) in [5.74, 6) is -0.878. The van der Waals surface area contributed by atoms with Gasteiger partial charge in [0.1, 0.15) is 0 Å². The highest BCUT2D eigenvalue weighted by Crippen LogP contribution is 2.50. The van der Waals surface area contributed by atoms with Gasteiger partial charge in [0.25, 0.3) is 0 Å². The Kier molecular flexibility index (Phi) is 3.12. The Hall–Kier alpha value is -1.10. The number of amides is 1. The summed E-state index contributed by atoms with van der Waals surface area (Å²) < 4.78 is 5.30. The van der Waals surface area contributed by atoms with E-state index in [0.29, 0.717) is 6.54 Å². The van der Waals surface area contributed by atoms with Gasteiger partial charge in [-0.15, -0.1) is 0 Å². The maximum Gasteiger partial charge on any atom is 0.334 e. The van der Waals surface area contributed by atoms with E-state index in [4.69, 9.17) is 9.84 Å². The van der Waals surface area contributed by atoms with Gasteiger partial charge in [-0.2, -0.15) is 0 Å². The van der Waals surface area contributed by atoms with Gasteiger partial charge in [-0.25, -0.2) is 4.79 Å². The van der Waals surface area contributed by atoms with E-state index in [-0.39, 0.29) is 24.0 Å². The van der Waals surface area contributed by atoms with Crippen LogP contribution in [0.4, 0.5) is 0 Å². The van der Waals surface area contributed by atoms with Gasteiger partial charge < -0.3 is 14.7 Å². The lowest BCUT2D eigenvalue weighted by molar-refractivity contribution is -0.168. The van der Waals surface area contributed by atoms with Crippen LogP contribution in [0.15, 0.2) is 0 Å². The number of carbonyl (C=O) groups is 2. The Labute approximate surface area is 101 Å². The van der Waals surface area contributed by atoms with Gasteiger partial charge in [0.2, 0.25) is 5.91 Å². The first-order valence-corrected chi connectivity index (χ1v) is 6.16. The average molecular weight is 241 g/mol. The second-order valence-electron chi connectivity index (χ2n) is 5.12. The van der Waals surface area contributed by atoms with Gasteiger partial charge in [-0.3, -0.25) is 4.79 Å². The van der Waals surface area contributed by atoms with Crippen LogP contribution in [-0.2, 0) is 14.3 Å². The molecule has 1 N–H and O–H groups in total. The highest BCUT2D eigenvalue weighted by atomic mass is 16.5. The zero-order valence-electron chi connectivity index (χ0n) is 10.3. The largest absolute Gasteiger partial charge is 0.479 e. The molecular formula is C12H19NO4. The smallest absolute Gasteiger partial charge is 0.334 e. The molecule has 96 valence electrons.